The van der Waals surface area contributed by atoms with Crippen molar-refractivity contribution >= 4 is 5.91 Å². The van der Waals surface area contributed by atoms with Gasteiger partial charge < -0.3 is 14.8 Å². The van der Waals surface area contributed by atoms with Crippen LogP contribution in [0.1, 0.15) is 23.0 Å². The standard InChI is InChI=1S/C21H23N3O3/c1-4-24-19(17-11-10-16(26-2)12-20(17)27-3)13-18(23-24)21(25)22-14-15-8-6-5-7-9-15/h5-13H,4,14H2,1-3H3,(H,22,25). The quantitative estimate of drug-likeness (QED) is 0.696. The van der Waals surface area contributed by atoms with E-state index in [1.165, 1.54) is 0 Å². The predicted molar refractivity (Wildman–Crippen MR) is 104 cm³/mol. The molecule has 0 saturated heterocycles. The first-order valence-electron chi connectivity index (χ1n) is 8.78. The number of carbonyl (C=O) groups excluding carboxylic acids is 1. The van der Waals surface area contributed by atoms with Crippen molar-refractivity contribution in [2.45, 2.75) is 20.0 Å². The summed E-state index contributed by atoms with van der Waals surface area (Å²) in [6.07, 6.45) is 0. The van der Waals surface area contributed by atoms with E-state index in [1.54, 1.807) is 25.0 Å². The van der Waals surface area contributed by atoms with Gasteiger partial charge in [-0.05, 0) is 30.7 Å². The Kier molecular flexibility index (Phi) is 5.76. The summed E-state index contributed by atoms with van der Waals surface area (Å²) < 4.78 is 12.5. The number of rotatable bonds is 7. The van der Waals surface area contributed by atoms with Gasteiger partial charge in [-0.3, -0.25) is 9.48 Å². The van der Waals surface area contributed by atoms with E-state index in [-0.39, 0.29) is 5.91 Å². The summed E-state index contributed by atoms with van der Waals surface area (Å²) in [6.45, 7) is 3.08. The SMILES string of the molecule is CCn1nc(C(=O)NCc2ccccc2)cc1-c1ccc(OC)cc1OC. The van der Waals surface area contributed by atoms with Crippen LogP contribution in [0.25, 0.3) is 11.3 Å². The Hall–Kier alpha value is -3.28. The highest BCUT2D eigenvalue weighted by Gasteiger charge is 2.18. The van der Waals surface area contributed by atoms with Crippen molar-refractivity contribution in [1.82, 2.24) is 15.1 Å². The Balaban J connectivity index is 1.86. The molecule has 0 saturated carbocycles. The van der Waals surface area contributed by atoms with Gasteiger partial charge in [0.25, 0.3) is 5.91 Å². The van der Waals surface area contributed by atoms with Crippen molar-refractivity contribution in [2.75, 3.05) is 14.2 Å². The molecule has 3 rings (SSSR count). The fourth-order valence-corrected chi connectivity index (χ4v) is 2.86. The second-order valence-electron chi connectivity index (χ2n) is 5.97. The molecule has 0 unspecified atom stereocenters. The third kappa shape index (κ3) is 4.11. The molecule has 0 aliphatic rings. The second-order valence-corrected chi connectivity index (χ2v) is 5.97. The molecular formula is C21H23N3O3. The zero-order chi connectivity index (χ0) is 19.2. The van der Waals surface area contributed by atoms with Crippen LogP contribution in [0.4, 0.5) is 0 Å². The van der Waals surface area contributed by atoms with Crippen LogP contribution in [-0.4, -0.2) is 29.9 Å². The number of carbonyl (C=O) groups is 1. The van der Waals surface area contributed by atoms with Crippen LogP contribution in [0.3, 0.4) is 0 Å². The molecule has 0 aliphatic heterocycles. The first-order chi connectivity index (χ1) is 13.2. The Morgan fingerprint density at radius 2 is 1.85 bits per heavy atom. The fourth-order valence-electron chi connectivity index (χ4n) is 2.86. The minimum atomic E-state index is -0.209. The number of hydrogen-bond donors (Lipinski definition) is 1. The normalized spacial score (nSPS) is 10.5. The van der Waals surface area contributed by atoms with E-state index in [9.17, 15) is 4.79 Å². The maximum absolute atomic E-state index is 12.5. The molecule has 6 nitrogen and oxygen atoms in total. The van der Waals surface area contributed by atoms with E-state index in [0.717, 1.165) is 16.8 Å². The zero-order valence-corrected chi connectivity index (χ0v) is 15.7. The number of ether oxygens (including phenoxy) is 2. The van der Waals surface area contributed by atoms with Crippen molar-refractivity contribution < 1.29 is 14.3 Å². The van der Waals surface area contributed by atoms with Gasteiger partial charge in [0.15, 0.2) is 5.69 Å². The van der Waals surface area contributed by atoms with Crippen molar-refractivity contribution in [3.8, 4) is 22.8 Å². The van der Waals surface area contributed by atoms with Gasteiger partial charge in [-0.1, -0.05) is 30.3 Å². The molecule has 0 atom stereocenters. The van der Waals surface area contributed by atoms with Gasteiger partial charge in [0.2, 0.25) is 0 Å². The minimum Gasteiger partial charge on any atom is -0.497 e. The van der Waals surface area contributed by atoms with E-state index < -0.39 is 0 Å². The van der Waals surface area contributed by atoms with E-state index in [2.05, 4.69) is 10.4 Å². The molecule has 6 heteroatoms. The third-order valence-electron chi connectivity index (χ3n) is 4.29. The van der Waals surface area contributed by atoms with Crippen LogP contribution in [0.2, 0.25) is 0 Å². The number of benzene rings is 2. The van der Waals surface area contributed by atoms with Crippen LogP contribution in [0.5, 0.6) is 11.5 Å². The van der Waals surface area contributed by atoms with Gasteiger partial charge in [0, 0.05) is 24.7 Å². The number of nitrogens with one attached hydrogen (secondary N) is 1. The molecule has 1 N–H and O–H groups in total. The van der Waals surface area contributed by atoms with Crippen molar-refractivity contribution in [1.29, 1.82) is 0 Å². The molecule has 3 aromatic rings. The molecule has 0 fully saturated rings. The molecule has 1 heterocycles. The van der Waals surface area contributed by atoms with E-state index >= 15 is 0 Å². The number of amides is 1. The maximum Gasteiger partial charge on any atom is 0.272 e. The van der Waals surface area contributed by atoms with Gasteiger partial charge in [0.05, 0.1) is 19.9 Å². The summed E-state index contributed by atoms with van der Waals surface area (Å²) in [7, 11) is 3.22. The van der Waals surface area contributed by atoms with E-state index in [1.807, 2.05) is 55.5 Å². The lowest BCUT2D eigenvalue weighted by Crippen LogP contribution is -2.23. The Bertz CT molecular complexity index is 920. The summed E-state index contributed by atoms with van der Waals surface area (Å²) in [4.78, 5) is 12.5. The number of hydrogen-bond acceptors (Lipinski definition) is 4. The first kappa shape index (κ1) is 18.5. The molecule has 27 heavy (non-hydrogen) atoms. The van der Waals surface area contributed by atoms with Gasteiger partial charge in [0.1, 0.15) is 11.5 Å². The smallest absolute Gasteiger partial charge is 0.272 e. The summed E-state index contributed by atoms with van der Waals surface area (Å²) in [6, 6.07) is 17.2. The van der Waals surface area contributed by atoms with Gasteiger partial charge in [-0.25, -0.2) is 0 Å². The van der Waals surface area contributed by atoms with Crippen molar-refractivity contribution in [3.63, 3.8) is 0 Å². The summed E-state index contributed by atoms with van der Waals surface area (Å²) >= 11 is 0. The molecule has 0 radical (unpaired) electrons. The fraction of sp³-hybridized carbons (Fsp3) is 0.238. The number of aryl methyl sites for hydroxylation is 1. The maximum atomic E-state index is 12.5. The Morgan fingerprint density at radius 1 is 1.07 bits per heavy atom. The highest BCUT2D eigenvalue weighted by atomic mass is 16.5. The highest BCUT2D eigenvalue weighted by molar-refractivity contribution is 5.93. The summed E-state index contributed by atoms with van der Waals surface area (Å²) in [5.74, 6) is 1.17. The lowest BCUT2D eigenvalue weighted by molar-refractivity contribution is 0.0945. The number of nitrogens with zero attached hydrogens (tertiary/aromatic N) is 2. The lowest BCUT2D eigenvalue weighted by Gasteiger charge is -2.11. The van der Waals surface area contributed by atoms with Crippen LogP contribution in [0, 0.1) is 0 Å². The largest absolute Gasteiger partial charge is 0.497 e. The molecule has 1 amide bonds. The molecule has 0 aliphatic carbocycles. The van der Waals surface area contributed by atoms with Gasteiger partial charge in [-0.15, -0.1) is 0 Å². The van der Waals surface area contributed by atoms with E-state index in [0.29, 0.717) is 30.3 Å². The highest BCUT2D eigenvalue weighted by Crippen LogP contribution is 2.33. The van der Waals surface area contributed by atoms with Crippen LogP contribution in [-0.2, 0) is 13.1 Å². The second kappa shape index (κ2) is 8.40. The molecule has 140 valence electrons. The Morgan fingerprint density at radius 3 is 2.52 bits per heavy atom. The third-order valence-corrected chi connectivity index (χ3v) is 4.29. The summed E-state index contributed by atoms with van der Waals surface area (Å²) in [5, 5.41) is 7.37. The molecular weight excluding hydrogens is 342 g/mol. The molecule has 1 aromatic heterocycles. The van der Waals surface area contributed by atoms with Crippen LogP contribution < -0.4 is 14.8 Å². The van der Waals surface area contributed by atoms with Gasteiger partial charge >= 0.3 is 0 Å². The molecule has 0 bridgehead atoms. The van der Waals surface area contributed by atoms with Crippen molar-refractivity contribution in [3.05, 3.63) is 65.9 Å². The average molecular weight is 365 g/mol. The van der Waals surface area contributed by atoms with Gasteiger partial charge in [-0.2, -0.15) is 5.10 Å². The molecule has 0 spiro atoms. The van der Waals surface area contributed by atoms with Crippen LogP contribution in [0.15, 0.2) is 54.6 Å². The van der Waals surface area contributed by atoms with Crippen molar-refractivity contribution in [2.24, 2.45) is 0 Å². The first-order valence-corrected chi connectivity index (χ1v) is 8.78. The van der Waals surface area contributed by atoms with Crippen LogP contribution >= 0.6 is 0 Å². The number of aromatic nitrogens is 2. The Labute approximate surface area is 158 Å². The lowest BCUT2D eigenvalue weighted by atomic mass is 10.1. The number of methoxy groups -OCH3 is 2. The zero-order valence-electron chi connectivity index (χ0n) is 15.7. The monoisotopic (exact) mass is 365 g/mol. The van der Waals surface area contributed by atoms with E-state index in [4.69, 9.17) is 9.47 Å². The minimum absolute atomic E-state index is 0.209. The molecule has 2 aromatic carbocycles. The topological polar surface area (TPSA) is 65.4 Å². The average Bonchev–Trinajstić information content (AvgIpc) is 3.16. The summed E-state index contributed by atoms with van der Waals surface area (Å²) in [5.41, 5.74) is 3.09. The predicted octanol–water partition coefficient (Wildman–Crippen LogP) is 3.52.